The standard InChI is InChI=1S/C18H27N3O2/c1-13-16(5-4-6-17(13)20(2)3)19-18(22)21-9-7-14(11-21)15-8-10-23-12-15/h4-6,14-15H,7-12H2,1-3H3,(H,19,22)/t14-,15+/m1/s1. The van der Waals surface area contributed by atoms with Crippen LogP contribution in [-0.4, -0.2) is 51.3 Å². The molecule has 1 aromatic rings. The van der Waals surface area contributed by atoms with Crippen LogP contribution in [0.3, 0.4) is 0 Å². The van der Waals surface area contributed by atoms with E-state index < -0.39 is 0 Å². The first-order valence-electron chi connectivity index (χ1n) is 8.47. The molecule has 2 aliphatic heterocycles. The van der Waals surface area contributed by atoms with E-state index in [0.29, 0.717) is 11.8 Å². The quantitative estimate of drug-likeness (QED) is 0.932. The summed E-state index contributed by atoms with van der Waals surface area (Å²) in [6.45, 7) is 5.49. The van der Waals surface area contributed by atoms with Crippen molar-refractivity contribution in [3.8, 4) is 0 Å². The van der Waals surface area contributed by atoms with Gasteiger partial charge in [0.2, 0.25) is 0 Å². The molecular formula is C18H27N3O2. The summed E-state index contributed by atoms with van der Waals surface area (Å²) in [7, 11) is 4.03. The molecule has 2 amide bonds. The molecule has 3 rings (SSSR count). The largest absolute Gasteiger partial charge is 0.381 e. The lowest BCUT2D eigenvalue weighted by Gasteiger charge is -2.22. The van der Waals surface area contributed by atoms with Gasteiger partial charge in [0.25, 0.3) is 0 Å². The van der Waals surface area contributed by atoms with E-state index >= 15 is 0 Å². The maximum Gasteiger partial charge on any atom is 0.321 e. The van der Waals surface area contributed by atoms with Crippen LogP contribution in [0.15, 0.2) is 18.2 Å². The summed E-state index contributed by atoms with van der Waals surface area (Å²) < 4.78 is 5.49. The Morgan fingerprint density at radius 1 is 1.30 bits per heavy atom. The van der Waals surface area contributed by atoms with Gasteiger partial charge in [-0.05, 0) is 49.3 Å². The molecule has 2 atom stereocenters. The number of hydrogen-bond acceptors (Lipinski definition) is 3. The van der Waals surface area contributed by atoms with Gasteiger partial charge in [0.1, 0.15) is 0 Å². The molecule has 0 aromatic heterocycles. The first-order valence-corrected chi connectivity index (χ1v) is 8.47. The average Bonchev–Trinajstić information content (AvgIpc) is 3.19. The second-order valence-electron chi connectivity index (χ2n) is 6.89. The Morgan fingerprint density at radius 2 is 2.13 bits per heavy atom. The Kier molecular flexibility index (Phi) is 4.76. The van der Waals surface area contributed by atoms with Crippen molar-refractivity contribution in [2.24, 2.45) is 11.8 Å². The number of anilines is 2. The number of carbonyl (C=O) groups excluding carboxylic acids is 1. The molecule has 2 aliphatic rings. The predicted molar refractivity (Wildman–Crippen MR) is 93.1 cm³/mol. The number of nitrogens with zero attached hydrogens (tertiary/aromatic N) is 2. The Hall–Kier alpha value is -1.75. The zero-order valence-corrected chi connectivity index (χ0v) is 14.3. The van der Waals surface area contributed by atoms with Gasteiger partial charge in [0.15, 0.2) is 0 Å². The number of amides is 2. The minimum Gasteiger partial charge on any atom is -0.381 e. The van der Waals surface area contributed by atoms with E-state index in [1.807, 2.05) is 38.1 Å². The van der Waals surface area contributed by atoms with Gasteiger partial charge in [-0.25, -0.2) is 4.79 Å². The average molecular weight is 317 g/mol. The van der Waals surface area contributed by atoms with E-state index in [0.717, 1.165) is 56.1 Å². The smallest absolute Gasteiger partial charge is 0.321 e. The summed E-state index contributed by atoms with van der Waals surface area (Å²) in [6.07, 6.45) is 2.24. The van der Waals surface area contributed by atoms with E-state index in [2.05, 4.69) is 16.3 Å². The summed E-state index contributed by atoms with van der Waals surface area (Å²) >= 11 is 0. The third kappa shape index (κ3) is 3.44. The van der Waals surface area contributed by atoms with Gasteiger partial charge in [-0.3, -0.25) is 0 Å². The second kappa shape index (κ2) is 6.79. The number of carbonyl (C=O) groups is 1. The first kappa shape index (κ1) is 16.1. The Morgan fingerprint density at radius 3 is 2.83 bits per heavy atom. The molecule has 2 saturated heterocycles. The number of rotatable bonds is 3. The van der Waals surface area contributed by atoms with Gasteiger partial charge in [-0.15, -0.1) is 0 Å². The van der Waals surface area contributed by atoms with Crippen molar-refractivity contribution < 1.29 is 9.53 Å². The van der Waals surface area contributed by atoms with Crippen molar-refractivity contribution in [1.29, 1.82) is 0 Å². The van der Waals surface area contributed by atoms with Gasteiger partial charge < -0.3 is 19.9 Å². The Balaban J connectivity index is 1.62. The summed E-state index contributed by atoms with van der Waals surface area (Å²) in [6, 6.07) is 6.04. The van der Waals surface area contributed by atoms with Crippen molar-refractivity contribution in [1.82, 2.24) is 4.90 Å². The monoisotopic (exact) mass is 317 g/mol. The summed E-state index contributed by atoms with van der Waals surface area (Å²) in [5, 5.41) is 3.09. The molecule has 0 spiro atoms. The van der Waals surface area contributed by atoms with E-state index in [1.165, 1.54) is 0 Å². The Labute approximate surface area is 138 Å². The summed E-state index contributed by atoms with van der Waals surface area (Å²) in [5.74, 6) is 1.23. The van der Waals surface area contributed by atoms with Gasteiger partial charge in [0.05, 0.1) is 0 Å². The number of urea groups is 1. The molecule has 2 heterocycles. The van der Waals surface area contributed by atoms with Crippen LogP contribution in [0.4, 0.5) is 16.2 Å². The van der Waals surface area contributed by atoms with Crippen LogP contribution < -0.4 is 10.2 Å². The third-order valence-corrected chi connectivity index (χ3v) is 5.17. The zero-order valence-electron chi connectivity index (χ0n) is 14.3. The molecule has 1 aromatic carbocycles. The minimum absolute atomic E-state index is 0.0189. The highest BCUT2D eigenvalue weighted by atomic mass is 16.5. The van der Waals surface area contributed by atoms with Crippen molar-refractivity contribution in [3.05, 3.63) is 23.8 Å². The molecule has 0 radical (unpaired) electrons. The van der Waals surface area contributed by atoms with Gasteiger partial charge in [-0.1, -0.05) is 6.07 Å². The van der Waals surface area contributed by atoms with Crippen molar-refractivity contribution in [2.75, 3.05) is 50.6 Å². The Bertz CT molecular complexity index is 567. The van der Waals surface area contributed by atoms with Crippen molar-refractivity contribution in [3.63, 3.8) is 0 Å². The number of nitrogens with one attached hydrogen (secondary N) is 1. The SMILES string of the molecule is Cc1c(NC(=O)N2CC[C@@H]([C@H]3CCOC3)C2)cccc1N(C)C. The fourth-order valence-electron chi connectivity index (χ4n) is 3.72. The maximum atomic E-state index is 12.6. The third-order valence-electron chi connectivity index (χ3n) is 5.17. The normalized spacial score (nSPS) is 24.0. The number of ether oxygens (including phenoxy) is 1. The highest BCUT2D eigenvalue weighted by Gasteiger charge is 2.33. The first-order chi connectivity index (χ1) is 11.1. The highest BCUT2D eigenvalue weighted by molar-refractivity contribution is 5.91. The van der Waals surface area contributed by atoms with E-state index in [4.69, 9.17) is 4.74 Å². The van der Waals surface area contributed by atoms with Crippen LogP contribution in [0.5, 0.6) is 0 Å². The van der Waals surface area contributed by atoms with Crippen LogP contribution >= 0.6 is 0 Å². The van der Waals surface area contributed by atoms with Crippen molar-refractivity contribution in [2.45, 2.75) is 19.8 Å². The fraction of sp³-hybridized carbons (Fsp3) is 0.611. The second-order valence-corrected chi connectivity index (χ2v) is 6.89. The highest BCUT2D eigenvalue weighted by Crippen LogP contribution is 2.31. The van der Waals surface area contributed by atoms with E-state index in [1.54, 1.807) is 0 Å². The number of hydrogen-bond donors (Lipinski definition) is 1. The molecule has 0 bridgehead atoms. The van der Waals surface area contributed by atoms with E-state index in [9.17, 15) is 4.79 Å². The molecule has 0 unspecified atom stereocenters. The lowest BCUT2D eigenvalue weighted by Crippen LogP contribution is -2.34. The van der Waals surface area contributed by atoms with Crippen molar-refractivity contribution >= 4 is 17.4 Å². The maximum absolute atomic E-state index is 12.6. The lowest BCUT2D eigenvalue weighted by molar-refractivity contribution is 0.171. The molecule has 126 valence electrons. The minimum atomic E-state index is 0.0189. The van der Waals surface area contributed by atoms with Gasteiger partial charge in [0, 0.05) is 51.8 Å². The van der Waals surface area contributed by atoms with Crippen LogP contribution in [-0.2, 0) is 4.74 Å². The van der Waals surface area contributed by atoms with E-state index in [-0.39, 0.29) is 6.03 Å². The molecule has 0 saturated carbocycles. The van der Waals surface area contributed by atoms with Crippen LogP contribution in [0, 0.1) is 18.8 Å². The molecule has 1 N–H and O–H groups in total. The molecule has 2 fully saturated rings. The molecule has 0 aliphatic carbocycles. The number of likely N-dealkylation sites (tertiary alicyclic amines) is 1. The summed E-state index contributed by atoms with van der Waals surface area (Å²) in [4.78, 5) is 16.6. The fourth-order valence-corrected chi connectivity index (χ4v) is 3.72. The van der Waals surface area contributed by atoms with Crippen LogP contribution in [0.1, 0.15) is 18.4 Å². The topological polar surface area (TPSA) is 44.8 Å². The summed E-state index contributed by atoms with van der Waals surface area (Å²) in [5.41, 5.74) is 3.13. The van der Waals surface area contributed by atoms with Gasteiger partial charge in [-0.2, -0.15) is 0 Å². The molecule has 5 heteroatoms. The van der Waals surface area contributed by atoms with Crippen LogP contribution in [0.25, 0.3) is 0 Å². The predicted octanol–water partition coefficient (Wildman–Crippen LogP) is 2.95. The lowest BCUT2D eigenvalue weighted by atomic mass is 9.91. The molecule has 23 heavy (non-hydrogen) atoms. The molecule has 5 nitrogen and oxygen atoms in total. The van der Waals surface area contributed by atoms with Gasteiger partial charge >= 0.3 is 6.03 Å². The number of benzene rings is 1. The molecular weight excluding hydrogens is 290 g/mol. The van der Waals surface area contributed by atoms with Crippen LogP contribution in [0.2, 0.25) is 0 Å². The zero-order chi connectivity index (χ0) is 16.4.